The fraction of sp³-hybridized carbons (Fsp3) is 1.00. The second kappa shape index (κ2) is 8.03. The quantitative estimate of drug-likeness (QED) is 0.641. The number of morpholine rings is 1. The highest BCUT2D eigenvalue weighted by atomic mass is 16.7. The van der Waals surface area contributed by atoms with Crippen molar-refractivity contribution in [2.24, 2.45) is 0 Å². The molecule has 1 aliphatic heterocycles. The summed E-state index contributed by atoms with van der Waals surface area (Å²) in [7, 11) is 0. The summed E-state index contributed by atoms with van der Waals surface area (Å²) in [4.78, 5) is 2.43. The van der Waals surface area contributed by atoms with E-state index in [-0.39, 0.29) is 6.29 Å². The molecule has 2 atom stereocenters. The molecule has 1 rings (SSSR count). The third-order valence-electron chi connectivity index (χ3n) is 2.88. The van der Waals surface area contributed by atoms with Crippen LogP contribution in [0.2, 0.25) is 0 Å². The average Bonchev–Trinajstić information content (AvgIpc) is 2.25. The molecule has 102 valence electrons. The second-order valence-electron chi connectivity index (χ2n) is 4.65. The summed E-state index contributed by atoms with van der Waals surface area (Å²) >= 11 is 0. The average molecular weight is 245 g/mol. The number of hydrogen-bond donors (Lipinski definition) is 0. The molecule has 0 N–H and O–H groups in total. The fourth-order valence-electron chi connectivity index (χ4n) is 2.34. The summed E-state index contributed by atoms with van der Waals surface area (Å²) in [5.74, 6) is 0. The molecule has 1 fully saturated rings. The van der Waals surface area contributed by atoms with E-state index in [9.17, 15) is 0 Å². The Labute approximate surface area is 105 Å². The van der Waals surface area contributed by atoms with Crippen LogP contribution in [0.5, 0.6) is 0 Å². The molecule has 0 unspecified atom stereocenters. The Kier molecular flexibility index (Phi) is 7.04. The van der Waals surface area contributed by atoms with Crippen LogP contribution in [-0.2, 0) is 14.2 Å². The lowest BCUT2D eigenvalue weighted by atomic mass is 10.2. The minimum Gasteiger partial charge on any atom is -0.373 e. The maximum atomic E-state index is 5.71. The van der Waals surface area contributed by atoms with E-state index < -0.39 is 0 Å². The van der Waals surface area contributed by atoms with Gasteiger partial charge >= 0.3 is 0 Å². The molecule has 0 aromatic carbocycles. The van der Waals surface area contributed by atoms with Gasteiger partial charge in [0.1, 0.15) is 0 Å². The Morgan fingerprint density at radius 3 is 2.12 bits per heavy atom. The van der Waals surface area contributed by atoms with Crippen LogP contribution in [-0.4, -0.2) is 56.2 Å². The number of hydrogen-bond acceptors (Lipinski definition) is 4. The molecule has 1 heterocycles. The van der Waals surface area contributed by atoms with Crippen molar-refractivity contribution in [3.63, 3.8) is 0 Å². The van der Waals surface area contributed by atoms with E-state index in [2.05, 4.69) is 18.7 Å². The molecule has 0 aromatic heterocycles. The highest BCUT2D eigenvalue weighted by Gasteiger charge is 2.22. The van der Waals surface area contributed by atoms with Gasteiger partial charge in [-0.1, -0.05) is 0 Å². The Hall–Kier alpha value is -0.160. The lowest BCUT2D eigenvalue weighted by Gasteiger charge is -2.35. The molecule has 4 heteroatoms. The molecule has 0 radical (unpaired) electrons. The van der Waals surface area contributed by atoms with Gasteiger partial charge in [0.05, 0.1) is 12.2 Å². The third kappa shape index (κ3) is 5.82. The summed E-state index contributed by atoms with van der Waals surface area (Å²) in [5, 5.41) is 0. The van der Waals surface area contributed by atoms with Crippen LogP contribution in [0.15, 0.2) is 0 Å². The summed E-state index contributed by atoms with van der Waals surface area (Å²) in [6, 6.07) is 0. The zero-order chi connectivity index (χ0) is 12.7. The van der Waals surface area contributed by atoms with Crippen LogP contribution >= 0.6 is 0 Å². The van der Waals surface area contributed by atoms with E-state index in [4.69, 9.17) is 14.2 Å². The maximum absolute atomic E-state index is 5.71. The second-order valence-corrected chi connectivity index (χ2v) is 4.65. The summed E-state index contributed by atoms with van der Waals surface area (Å²) in [5.41, 5.74) is 0. The minimum absolute atomic E-state index is 0.0570. The van der Waals surface area contributed by atoms with Gasteiger partial charge < -0.3 is 14.2 Å². The van der Waals surface area contributed by atoms with Crippen LogP contribution in [0.3, 0.4) is 0 Å². The van der Waals surface area contributed by atoms with Gasteiger partial charge in [-0.25, -0.2) is 0 Å². The molecule has 0 aromatic rings. The molecule has 0 bridgehead atoms. The molecular weight excluding hydrogens is 218 g/mol. The number of nitrogens with zero attached hydrogens (tertiary/aromatic N) is 1. The van der Waals surface area contributed by atoms with Gasteiger partial charge in [0.2, 0.25) is 0 Å². The summed E-state index contributed by atoms with van der Waals surface area (Å²) < 4.78 is 16.8. The predicted octanol–water partition coefficient (Wildman–Crippen LogP) is 1.88. The lowest BCUT2D eigenvalue weighted by molar-refractivity contribution is -0.146. The Balaban J connectivity index is 2.27. The van der Waals surface area contributed by atoms with Gasteiger partial charge in [0.25, 0.3) is 0 Å². The first-order valence-corrected chi connectivity index (χ1v) is 6.76. The van der Waals surface area contributed by atoms with E-state index >= 15 is 0 Å². The molecule has 1 aliphatic rings. The molecular formula is C13H27NO3. The first-order chi connectivity index (χ1) is 8.15. The number of rotatable bonds is 7. The first-order valence-electron chi connectivity index (χ1n) is 6.76. The van der Waals surface area contributed by atoms with Crippen molar-refractivity contribution >= 4 is 0 Å². The van der Waals surface area contributed by atoms with Crippen LogP contribution in [0.4, 0.5) is 0 Å². The SMILES string of the molecule is CCOC(CCN1C[C@@H](C)O[C@@H](C)C1)OCC. The molecule has 4 nitrogen and oxygen atoms in total. The Morgan fingerprint density at radius 1 is 1.12 bits per heavy atom. The standard InChI is InChI=1S/C13H27NO3/c1-5-15-13(16-6-2)7-8-14-9-11(3)17-12(4)10-14/h11-13H,5-10H2,1-4H3/t11-,12+. The largest absolute Gasteiger partial charge is 0.373 e. The van der Waals surface area contributed by atoms with Gasteiger partial charge in [-0.3, -0.25) is 4.90 Å². The Bertz CT molecular complexity index is 185. The zero-order valence-electron chi connectivity index (χ0n) is 11.6. The molecule has 0 spiro atoms. The van der Waals surface area contributed by atoms with E-state index in [1.807, 2.05) is 13.8 Å². The topological polar surface area (TPSA) is 30.9 Å². The van der Waals surface area contributed by atoms with E-state index in [0.717, 1.165) is 26.1 Å². The monoisotopic (exact) mass is 245 g/mol. The van der Waals surface area contributed by atoms with E-state index in [1.54, 1.807) is 0 Å². The van der Waals surface area contributed by atoms with Gasteiger partial charge in [-0.2, -0.15) is 0 Å². The van der Waals surface area contributed by atoms with Crippen LogP contribution in [0.1, 0.15) is 34.1 Å². The van der Waals surface area contributed by atoms with Gasteiger partial charge in [0, 0.05) is 39.3 Å². The van der Waals surface area contributed by atoms with Crippen molar-refractivity contribution < 1.29 is 14.2 Å². The normalized spacial score (nSPS) is 26.6. The number of ether oxygens (including phenoxy) is 3. The fourth-order valence-corrected chi connectivity index (χ4v) is 2.34. The molecule has 0 amide bonds. The highest BCUT2D eigenvalue weighted by Crippen LogP contribution is 2.12. The first kappa shape index (κ1) is 14.9. The third-order valence-corrected chi connectivity index (χ3v) is 2.88. The van der Waals surface area contributed by atoms with Crippen molar-refractivity contribution in [3.05, 3.63) is 0 Å². The summed E-state index contributed by atoms with van der Waals surface area (Å²) in [6.07, 6.45) is 1.53. The molecule has 0 aliphatic carbocycles. The van der Waals surface area contributed by atoms with Crippen molar-refractivity contribution in [3.8, 4) is 0 Å². The molecule has 17 heavy (non-hydrogen) atoms. The highest BCUT2D eigenvalue weighted by molar-refractivity contribution is 4.73. The molecule has 0 saturated carbocycles. The van der Waals surface area contributed by atoms with Gasteiger partial charge in [-0.05, 0) is 27.7 Å². The predicted molar refractivity (Wildman–Crippen MR) is 68.1 cm³/mol. The van der Waals surface area contributed by atoms with Gasteiger partial charge in [0.15, 0.2) is 6.29 Å². The maximum Gasteiger partial charge on any atom is 0.158 e. The Morgan fingerprint density at radius 2 is 1.65 bits per heavy atom. The lowest BCUT2D eigenvalue weighted by Crippen LogP contribution is -2.46. The van der Waals surface area contributed by atoms with Crippen molar-refractivity contribution in [1.82, 2.24) is 4.90 Å². The summed E-state index contributed by atoms with van der Waals surface area (Å²) in [6.45, 7) is 12.7. The van der Waals surface area contributed by atoms with Crippen molar-refractivity contribution in [2.45, 2.75) is 52.6 Å². The van der Waals surface area contributed by atoms with E-state index in [0.29, 0.717) is 25.4 Å². The van der Waals surface area contributed by atoms with Crippen LogP contribution in [0, 0.1) is 0 Å². The van der Waals surface area contributed by atoms with Gasteiger partial charge in [-0.15, -0.1) is 0 Å². The van der Waals surface area contributed by atoms with Crippen molar-refractivity contribution in [1.29, 1.82) is 0 Å². The van der Waals surface area contributed by atoms with Crippen molar-refractivity contribution in [2.75, 3.05) is 32.8 Å². The van der Waals surface area contributed by atoms with Crippen LogP contribution in [0.25, 0.3) is 0 Å². The van der Waals surface area contributed by atoms with E-state index in [1.165, 1.54) is 0 Å². The smallest absolute Gasteiger partial charge is 0.158 e. The van der Waals surface area contributed by atoms with Crippen LogP contribution < -0.4 is 0 Å². The minimum atomic E-state index is -0.0570. The molecule has 1 saturated heterocycles. The zero-order valence-corrected chi connectivity index (χ0v) is 11.6.